The maximum absolute atomic E-state index is 13.1. The van der Waals surface area contributed by atoms with Gasteiger partial charge in [0.2, 0.25) is 5.88 Å². The minimum Gasteiger partial charge on any atom is -0.489 e. The number of anilines is 1. The van der Waals surface area contributed by atoms with Crippen LogP contribution in [-0.2, 0) is 4.74 Å². The summed E-state index contributed by atoms with van der Waals surface area (Å²) >= 11 is 0. The Morgan fingerprint density at radius 3 is 2.56 bits per heavy atom. The second-order valence-corrected chi connectivity index (χ2v) is 11.1. The summed E-state index contributed by atoms with van der Waals surface area (Å²) in [6.45, 7) is 2.43. The van der Waals surface area contributed by atoms with Crippen LogP contribution in [0.25, 0.3) is 16.6 Å². The van der Waals surface area contributed by atoms with Crippen LogP contribution in [-0.4, -0.2) is 81.5 Å². The molecule has 0 spiro atoms. The average Bonchev–Trinajstić information content (AvgIpc) is 3.43. The van der Waals surface area contributed by atoms with E-state index in [2.05, 4.69) is 25.8 Å². The fourth-order valence-corrected chi connectivity index (χ4v) is 5.47. The van der Waals surface area contributed by atoms with Gasteiger partial charge in [0.05, 0.1) is 46.7 Å². The van der Waals surface area contributed by atoms with Crippen molar-refractivity contribution < 1.29 is 27.8 Å². The molecule has 0 aliphatic carbocycles. The van der Waals surface area contributed by atoms with E-state index in [4.69, 9.17) is 14.5 Å². The summed E-state index contributed by atoms with van der Waals surface area (Å²) in [4.78, 5) is 25.6. The molecule has 0 saturated carbocycles. The maximum Gasteiger partial charge on any atom is 0.388 e. The van der Waals surface area contributed by atoms with Crippen molar-refractivity contribution in [2.24, 2.45) is 0 Å². The topological polar surface area (TPSA) is 118 Å². The number of piperidine rings is 1. The lowest BCUT2D eigenvalue weighted by Crippen LogP contribution is -2.70. The molecule has 0 N–H and O–H groups in total. The number of fused-ring (bicyclic) bond motifs is 3. The number of piperazine rings is 1. The van der Waals surface area contributed by atoms with Gasteiger partial charge in [-0.05, 0) is 44.5 Å². The zero-order valence-corrected chi connectivity index (χ0v) is 23.8. The van der Waals surface area contributed by atoms with E-state index in [1.165, 1.54) is 24.5 Å². The average molecular weight is 590 g/mol. The third kappa shape index (κ3) is 5.53. The Labute approximate surface area is 246 Å². The summed E-state index contributed by atoms with van der Waals surface area (Å²) in [6.07, 6.45) is 7.17. The molecular formula is C30H29F2N7O4. The number of ether oxygens (including phenoxy) is 3. The number of methoxy groups -OCH3 is 1. The van der Waals surface area contributed by atoms with E-state index in [-0.39, 0.29) is 23.9 Å². The number of alkyl halides is 2. The zero-order chi connectivity index (χ0) is 30.3. The highest BCUT2D eigenvalue weighted by Gasteiger charge is 2.47. The molecule has 7 rings (SSSR count). The molecule has 4 aromatic rings. The van der Waals surface area contributed by atoms with E-state index in [1.54, 1.807) is 24.0 Å². The van der Waals surface area contributed by atoms with Gasteiger partial charge in [0, 0.05) is 49.8 Å². The van der Waals surface area contributed by atoms with Crippen LogP contribution in [0.5, 0.6) is 11.6 Å². The van der Waals surface area contributed by atoms with Crippen molar-refractivity contribution in [3.05, 3.63) is 66.2 Å². The van der Waals surface area contributed by atoms with Gasteiger partial charge in [-0.2, -0.15) is 19.1 Å². The van der Waals surface area contributed by atoms with Crippen molar-refractivity contribution in [2.75, 3.05) is 31.7 Å². The standard InChI is InChI=1S/C30H29F2N7O4/c1-30(2,41-3)17-42-23-9-24(27-20(10-33)13-36-38(27)16-23)18-4-6-25(34-11-18)37-14-21-8-22(15-37)39(21)28(40)19-5-7-26(35-12-19)43-29(31)32/h4-7,9,11-13,16,21-22,29H,8,14-15,17H2,1-3H3. The number of halogens is 2. The lowest BCUT2D eigenvalue weighted by atomic mass is 9.86. The van der Waals surface area contributed by atoms with Gasteiger partial charge in [0.1, 0.15) is 24.2 Å². The fourth-order valence-electron chi connectivity index (χ4n) is 5.47. The van der Waals surface area contributed by atoms with Gasteiger partial charge in [0.15, 0.2) is 0 Å². The second kappa shape index (κ2) is 11.1. The van der Waals surface area contributed by atoms with Crippen molar-refractivity contribution in [1.82, 2.24) is 24.5 Å². The van der Waals surface area contributed by atoms with Crippen LogP contribution in [0.1, 0.15) is 36.2 Å². The van der Waals surface area contributed by atoms with Gasteiger partial charge in [0.25, 0.3) is 5.91 Å². The van der Waals surface area contributed by atoms with E-state index < -0.39 is 12.2 Å². The highest BCUT2D eigenvalue weighted by atomic mass is 19.3. The Morgan fingerprint density at radius 1 is 1.14 bits per heavy atom. The van der Waals surface area contributed by atoms with Gasteiger partial charge < -0.3 is 24.0 Å². The van der Waals surface area contributed by atoms with Crippen LogP contribution in [0.3, 0.4) is 0 Å². The summed E-state index contributed by atoms with van der Waals surface area (Å²) in [7, 11) is 1.63. The maximum atomic E-state index is 13.1. The second-order valence-electron chi connectivity index (χ2n) is 11.1. The number of hydrogen-bond donors (Lipinski definition) is 0. The predicted molar refractivity (Wildman–Crippen MR) is 151 cm³/mol. The van der Waals surface area contributed by atoms with Crippen LogP contribution in [0.2, 0.25) is 0 Å². The van der Waals surface area contributed by atoms with Gasteiger partial charge in [-0.15, -0.1) is 0 Å². The number of nitrogens with zero attached hydrogens (tertiary/aromatic N) is 7. The first kappa shape index (κ1) is 28.3. The molecule has 222 valence electrons. The van der Waals surface area contributed by atoms with Crippen molar-refractivity contribution in [1.29, 1.82) is 5.26 Å². The molecule has 4 aromatic heterocycles. The van der Waals surface area contributed by atoms with E-state index in [9.17, 15) is 18.8 Å². The molecule has 2 bridgehead atoms. The minimum absolute atomic E-state index is 0.000460. The lowest BCUT2D eigenvalue weighted by molar-refractivity contribution is -0.0528. The van der Waals surface area contributed by atoms with Gasteiger partial charge in [-0.1, -0.05) is 0 Å². The monoisotopic (exact) mass is 589 g/mol. The normalized spacial score (nSPS) is 18.0. The number of amides is 1. The highest BCUT2D eigenvalue weighted by molar-refractivity contribution is 5.95. The number of rotatable bonds is 9. The molecule has 43 heavy (non-hydrogen) atoms. The van der Waals surface area contributed by atoms with Crippen molar-refractivity contribution >= 4 is 17.2 Å². The molecule has 11 nitrogen and oxygen atoms in total. The molecule has 7 heterocycles. The number of nitriles is 1. The molecule has 13 heteroatoms. The summed E-state index contributed by atoms with van der Waals surface area (Å²) < 4.78 is 42.2. The summed E-state index contributed by atoms with van der Waals surface area (Å²) in [6, 6.07) is 10.7. The van der Waals surface area contributed by atoms with Gasteiger partial charge >= 0.3 is 6.61 Å². The summed E-state index contributed by atoms with van der Waals surface area (Å²) in [5.41, 5.74) is 2.50. The molecular weight excluding hydrogens is 560 g/mol. The number of carbonyl (C=O) groups is 1. The number of carbonyl (C=O) groups excluding carboxylic acids is 1. The quantitative estimate of drug-likeness (QED) is 0.283. The third-order valence-corrected chi connectivity index (χ3v) is 7.85. The molecule has 2 unspecified atom stereocenters. The van der Waals surface area contributed by atoms with Crippen molar-refractivity contribution in [3.63, 3.8) is 0 Å². The van der Waals surface area contributed by atoms with Crippen LogP contribution < -0.4 is 14.4 Å². The molecule has 3 saturated heterocycles. The summed E-state index contributed by atoms with van der Waals surface area (Å²) in [5, 5.41) is 14.0. The smallest absolute Gasteiger partial charge is 0.388 e. The number of hydrogen-bond acceptors (Lipinski definition) is 9. The largest absolute Gasteiger partial charge is 0.489 e. The molecule has 3 aliphatic rings. The van der Waals surface area contributed by atoms with Crippen molar-refractivity contribution in [3.8, 4) is 28.8 Å². The molecule has 0 aromatic carbocycles. The molecule has 1 amide bonds. The van der Waals surface area contributed by atoms with E-state index in [0.29, 0.717) is 42.1 Å². The Bertz CT molecular complexity index is 1670. The first-order valence-corrected chi connectivity index (χ1v) is 13.7. The Hall–Kier alpha value is -4.83. The first-order chi connectivity index (χ1) is 20.7. The third-order valence-electron chi connectivity index (χ3n) is 7.85. The van der Waals surface area contributed by atoms with Crippen LogP contribution in [0, 0.1) is 11.3 Å². The minimum atomic E-state index is -2.97. The predicted octanol–water partition coefficient (Wildman–Crippen LogP) is 4.17. The van der Waals surface area contributed by atoms with Crippen molar-refractivity contribution in [2.45, 2.75) is 44.6 Å². The van der Waals surface area contributed by atoms with E-state index in [1.807, 2.05) is 36.9 Å². The van der Waals surface area contributed by atoms with Gasteiger partial charge in [-0.3, -0.25) is 4.79 Å². The zero-order valence-electron chi connectivity index (χ0n) is 23.8. The molecule has 3 fully saturated rings. The first-order valence-electron chi connectivity index (χ1n) is 13.7. The number of aromatic nitrogens is 4. The Kier molecular flexibility index (Phi) is 7.31. The van der Waals surface area contributed by atoms with E-state index >= 15 is 0 Å². The van der Waals surface area contributed by atoms with Crippen LogP contribution in [0.15, 0.2) is 55.1 Å². The van der Waals surface area contributed by atoms with Crippen LogP contribution in [0.4, 0.5) is 14.6 Å². The lowest BCUT2D eigenvalue weighted by Gasteiger charge is -2.56. The Balaban J connectivity index is 1.18. The molecule has 3 aliphatic heterocycles. The van der Waals surface area contributed by atoms with Gasteiger partial charge in [-0.25, -0.2) is 14.5 Å². The highest BCUT2D eigenvalue weighted by Crippen LogP contribution is 2.37. The van der Waals surface area contributed by atoms with E-state index in [0.717, 1.165) is 23.4 Å². The SMILES string of the molecule is COC(C)(C)COc1cc(-c2ccc(N3CC4CC(C3)N4C(=O)c3ccc(OC(F)F)nc3)nc2)c2c(C#N)cnn2c1. The Morgan fingerprint density at radius 2 is 1.93 bits per heavy atom. The summed E-state index contributed by atoms with van der Waals surface area (Å²) in [5.74, 6) is 0.939. The molecule has 0 radical (unpaired) electrons. The molecule has 2 atom stereocenters. The fraction of sp³-hybridized carbons (Fsp3) is 0.367. The van der Waals surface area contributed by atoms with Crippen LogP contribution >= 0.6 is 0 Å². The number of pyridine rings is 3.